The van der Waals surface area contributed by atoms with Gasteiger partial charge >= 0.3 is 0 Å². The zero-order valence-electron chi connectivity index (χ0n) is 6.60. The molecule has 0 N–H and O–H groups in total. The molecule has 0 aliphatic heterocycles. The minimum absolute atomic E-state index is 0.0591. The lowest BCUT2D eigenvalue weighted by atomic mass is 10.1. The maximum atomic E-state index is 13.0. The molecule has 0 atom stereocenters. The molecule has 0 amide bonds. The van der Waals surface area contributed by atoms with E-state index in [2.05, 4.69) is 0 Å². The van der Waals surface area contributed by atoms with E-state index in [9.17, 15) is 9.18 Å². The van der Waals surface area contributed by atoms with Crippen LogP contribution < -0.4 is 0 Å². The summed E-state index contributed by atoms with van der Waals surface area (Å²) in [4.78, 5) is 10.7. The predicted molar refractivity (Wildman–Crippen MR) is 45.8 cm³/mol. The van der Waals surface area contributed by atoms with Gasteiger partial charge in [-0.05, 0) is 24.6 Å². The van der Waals surface area contributed by atoms with Gasteiger partial charge in [0.05, 0.1) is 0 Å². The van der Waals surface area contributed by atoms with Crippen LogP contribution in [0, 0.1) is 5.82 Å². The average Bonchev–Trinajstić information content (AvgIpc) is 1.94. The van der Waals surface area contributed by atoms with E-state index in [4.69, 9.17) is 11.6 Å². The van der Waals surface area contributed by atoms with E-state index < -0.39 is 5.82 Å². The van der Waals surface area contributed by atoms with Crippen LogP contribution >= 0.6 is 11.6 Å². The van der Waals surface area contributed by atoms with Crippen molar-refractivity contribution in [3.63, 3.8) is 0 Å². The van der Waals surface area contributed by atoms with Crippen LogP contribution in [0.1, 0.15) is 12.5 Å². The van der Waals surface area contributed by atoms with Crippen molar-refractivity contribution in [2.24, 2.45) is 0 Å². The van der Waals surface area contributed by atoms with E-state index in [1.807, 2.05) is 0 Å². The molecule has 1 rings (SSSR count). The van der Waals surface area contributed by atoms with Gasteiger partial charge in [-0.3, -0.25) is 4.79 Å². The molecule has 0 aliphatic rings. The Morgan fingerprint density at radius 2 is 2.25 bits per heavy atom. The monoisotopic (exact) mass is 186 g/mol. The van der Waals surface area contributed by atoms with Gasteiger partial charge in [-0.25, -0.2) is 4.39 Å². The van der Waals surface area contributed by atoms with Gasteiger partial charge in [0, 0.05) is 11.4 Å². The van der Waals surface area contributed by atoms with E-state index in [1.165, 1.54) is 19.1 Å². The second-order valence-corrected chi connectivity index (χ2v) is 3.05. The Balaban J connectivity index is 2.93. The van der Waals surface area contributed by atoms with Crippen molar-refractivity contribution in [1.29, 1.82) is 0 Å². The summed E-state index contributed by atoms with van der Waals surface area (Å²) in [5, 5.41) is 0.347. The number of carbonyl (C=O) groups is 1. The minimum Gasteiger partial charge on any atom is -0.300 e. The van der Waals surface area contributed by atoms with E-state index in [0.717, 1.165) is 0 Å². The van der Waals surface area contributed by atoms with Crippen molar-refractivity contribution in [2.75, 3.05) is 0 Å². The Bertz CT molecular complexity index is 309. The Morgan fingerprint density at radius 1 is 1.58 bits per heavy atom. The van der Waals surface area contributed by atoms with Gasteiger partial charge in [0.15, 0.2) is 0 Å². The molecule has 0 spiro atoms. The topological polar surface area (TPSA) is 17.1 Å². The average molecular weight is 187 g/mol. The molecule has 12 heavy (non-hydrogen) atoms. The van der Waals surface area contributed by atoms with Gasteiger partial charge in [-0.1, -0.05) is 17.7 Å². The quantitative estimate of drug-likeness (QED) is 0.694. The van der Waals surface area contributed by atoms with Crippen LogP contribution in [-0.4, -0.2) is 5.78 Å². The van der Waals surface area contributed by atoms with Gasteiger partial charge in [-0.2, -0.15) is 0 Å². The van der Waals surface area contributed by atoms with Gasteiger partial charge in [0.2, 0.25) is 0 Å². The fraction of sp³-hybridized carbons (Fsp3) is 0.222. The van der Waals surface area contributed by atoms with Crippen LogP contribution in [0.3, 0.4) is 0 Å². The number of ketones is 1. The SMILES string of the molecule is CC(=O)Cc1ccc(Cl)cc1F. The summed E-state index contributed by atoms with van der Waals surface area (Å²) in [5.74, 6) is -0.478. The summed E-state index contributed by atoms with van der Waals surface area (Å²) in [7, 11) is 0. The predicted octanol–water partition coefficient (Wildman–Crippen LogP) is 2.61. The van der Waals surface area contributed by atoms with Crippen LogP contribution in [0.2, 0.25) is 5.02 Å². The van der Waals surface area contributed by atoms with Crippen molar-refractivity contribution < 1.29 is 9.18 Å². The van der Waals surface area contributed by atoms with Crippen LogP contribution in [0.15, 0.2) is 18.2 Å². The zero-order chi connectivity index (χ0) is 9.14. The third-order valence-corrected chi connectivity index (χ3v) is 1.69. The number of hydrogen-bond acceptors (Lipinski definition) is 1. The molecule has 0 unspecified atom stereocenters. The summed E-state index contributed by atoms with van der Waals surface area (Å²) in [6.45, 7) is 1.42. The highest BCUT2D eigenvalue weighted by Crippen LogP contribution is 2.14. The van der Waals surface area contributed by atoms with Gasteiger partial charge in [0.1, 0.15) is 11.6 Å². The van der Waals surface area contributed by atoms with Crippen molar-refractivity contribution in [1.82, 2.24) is 0 Å². The van der Waals surface area contributed by atoms with E-state index >= 15 is 0 Å². The molecule has 3 heteroatoms. The third-order valence-electron chi connectivity index (χ3n) is 1.45. The molecule has 0 saturated carbocycles. The molecule has 0 aromatic heterocycles. The normalized spacial score (nSPS) is 9.92. The lowest BCUT2D eigenvalue weighted by Crippen LogP contribution is -1.98. The van der Waals surface area contributed by atoms with E-state index in [0.29, 0.717) is 10.6 Å². The molecule has 0 saturated heterocycles. The standard InChI is InChI=1S/C9H8ClFO/c1-6(12)4-7-2-3-8(10)5-9(7)11/h2-3,5H,4H2,1H3. The lowest BCUT2D eigenvalue weighted by molar-refractivity contribution is -0.116. The first kappa shape index (κ1) is 9.20. The first-order valence-corrected chi connectivity index (χ1v) is 3.91. The highest BCUT2D eigenvalue weighted by molar-refractivity contribution is 6.30. The molecular weight excluding hydrogens is 179 g/mol. The van der Waals surface area contributed by atoms with Gasteiger partial charge in [0.25, 0.3) is 0 Å². The fourth-order valence-electron chi connectivity index (χ4n) is 0.933. The number of rotatable bonds is 2. The molecule has 1 aromatic rings. The Morgan fingerprint density at radius 3 is 2.75 bits per heavy atom. The van der Waals surface area contributed by atoms with Crippen LogP contribution in [0.25, 0.3) is 0 Å². The van der Waals surface area contributed by atoms with Crippen LogP contribution in [-0.2, 0) is 11.2 Å². The van der Waals surface area contributed by atoms with Crippen molar-refractivity contribution in [3.8, 4) is 0 Å². The van der Waals surface area contributed by atoms with Crippen LogP contribution in [0.4, 0.5) is 4.39 Å². The summed E-state index contributed by atoms with van der Waals surface area (Å²) >= 11 is 5.53. The second kappa shape index (κ2) is 3.68. The summed E-state index contributed by atoms with van der Waals surface area (Å²) < 4.78 is 13.0. The number of Topliss-reactive ketones (excluding diaryl/α,β-unsaturated/α-hetero) is 1. The Hall–Kier alpha value is -0.890. The van der Waals surface area contributed by atoms with Crippen molar-refractivity contribution >= 4 is 17.4 Å². The van der Waals surface area contributed by atoms with Gasteiger partial charge < -0.3 is 0 Å². The molecule has 64 valence electrons. The highest BCUT2D eigenvalue weighted by Gasteiger charge is 2.04. The maximum absolute atomic E-state index is 13.0. The molecule has 1 nitrogen and oxygen atoms in total. The highest BCUT2D eigenvalue weighted by atomic mass is 35.5. The fourth-order valence-corrected chi connectivity index (χ4v) is 1.09. The molecule has 0 heterocycles. The third kappa shape index (κ3) is 2.31. The molecule has 0 aliphatic carbocycles. The van der Waals surface area contributed by atoms with Gasteiger partial charge in [-0.15, -0.1) is 0 Å². The van der Waals surface area contributed by atoms with Crippen LogP contribution in [0.5, 0.6) is 0 Å². The second-order valence-electron chi connectivity index (χ2n) is 2.61. The molecule has 1 aromatic carbocycles. The molecule has 0 radical (unpaired) electrons. The first-order valence-electron chi connectivity index (χ1n) is 3.53. The number of hydrogen-bond donors (Lipinski definition) is 0. The number of halogens is 2. The smallest absolute Gasteiger partial charge is 0.134 e. The summed E-state index contributed by atoms with van der Waals surface area (Å²) in [6.07, 6.45) is 0.128. The summed E-state index contributed by atoms with van der Waals surface area (Å²) in [6, 6.07) is 4.31. The molecular formula is C9H8ClFO. The first-order chi connectivity index (χ1) is 5.59. The zero-order valence-corrected chi connectivity index (χ0v) is 7.36. The largest absolute Gasteiger partial charge is 0.300 e. The number of benzene rings is 1. The van der Waals surface area contributed by atoms with E-state index in [-0.39, 0.29) is 12.2 Å². The Kier molecular flexibility index (Phi) is 2.82. The molecule has 0 fully saturated rings. The Labute approximate surface area is 75.2 Å². The van der Waals surface area contributed by atoms with Crippen molar-refractivity contribution in [3.05, 3.63) is 34.6 Å². The maximum Gasteiger partial charge on any atom is 0.134 e. The lowest BCUT2D eigenvalue weighted by Gasteiger charge is -1.99. The van der Waals surface area contributed by atoms with Crippen molar-refractivity contribution in [2.45, 2.75) is 13.3 Å². The number of carbonyl (C=O) groups excluding carboxylic acids is 1. The minimum atomic E-state index is -0.419. The van der Waals surface area contributed by atoms with E-state index in [1.54, 1.807) is 6.07 Å². The summed E-state index contributed by atoms with van der Waals surface area (Å²) in [5.41, 5.74) is 0.395. The molecule has 0 bridgehead atoms.